The number of benzene rings is 1. The van der Waals surface area contributed by atoms with Gasteiger partial charge in [-0.2, -0.15) is 0 Å². The van der Waals surface area contributed by atoms with Gasteiger partial charge in [0.15, 0.2) is 0 Å². The largest absolute Gasteiger partial charge is 0.355 e. The van der Waals surface area contributed by atoms with Crippen LogP contribution in [-0.4, -0.2) is 16.4 Å². The predicted molar refractivity (Wildman–Crippen MR) is 187 cm³/mol. The van der Waals surface area contributed by atoms with Crippen LogP contribution in [0.5, 0.6) is 0 Å². The Balaban J connectivity index is 1.15. The topological polar surface area (TPSA) is 40.5 Å². The molecule has 0 fully saturated rings. The van der Waals surface area contributed by atoms with Gasteiger partial charge in [-0.15, -0.1) is 0 Å². The Morgan fingerprint density at radius 1 is 0.478 bits per heavy atom. The van der Waals surface area contributed by atoms with Gasteiger partial charge >= 0.3 is 0 Å². The summed E-state index contributed by atoms with van der Waals surface area (Å²) in [7, 11) is 0. The Morgan fingerprint density at radius 3 is 1.50 bits per heavy atom. The summed E-state index contributed by atoms with van der Waals surface area (Å²) in [6.07, 6.45) is 32.9. The van der Waals surface area contributed by atoms with E-state index in [9.17, 15) is 0 Å². The fourth-order valence-corrected chi connectivity index (χ4v) is 10.9. The summed E-state index contributed by atoms with van der Waals surface area (Å²) in [6, 6.07) is 9.05. The predicted octanol–water partition coefficient (Wildman–Crippen LogP) is 9.81. The van der Waals surface area contributed by atoms with Gasteiger partial charge in [-0.3, -0.25) is 0 Å². The molecule has 3 aliphatic heterocycles. The van der Waals surface area contributed by atoms with Crippen molar-refractivity contribution in [3.63, 3.8) is 0 Å². The summed E-state index contributed by atoms with van der Waals surface area (Å²) in [6.45, 7) is 0. The molecular weight excluding hydrogens is 558 g/mol. The van der Waals surface area contributed by atoms with E-state index in [2.05, 4.69) is 90.0 Å². The molecule has 3 nitrogen and oxygen atoms in total. The average molecular weight is 594 g/mol. The lowest BCUT2D eigenvalue weighted by atomic mass is 9.69. The van der Waals surface area contributed by atoms with Crippen molar-refractivity contribution in [2.45, 2.75) is 56.8 Å². The molecule has 3 heteroatoms. The van der Waals surface area contributed by atoms with Crippen LogP contribution in [0.15, 0.2) is 117 Å². The molecule has 13 aliphatic rings. The molecule has 0 radical (unpaired) electrons. The summed E-state index contributed by atoms with van der Waals surface area (Å²) < 4.78 is 0. The van der Waals surface area contributed by atoms with Crippen molar-refractivity contribution in [1.29, 1.82) is 0 Å². The van der Waals surface area contributed by atoms with Gasteiger partial charge in [-0.25, -0.2) is 9.98 Å². The minimum absolute atomic E-state index is 0.454. The summed E-state index contributed by atoms with van der Waals surface area (Å²) >= 11 is 0. The first kappa shape index (κ1) is 24.7. The van der Waals surface area contributed by atoms with Gasteiger partial charge in [0.25, 0.3) is 0 Å². The monoisotopic (exact) mass is 593 g/mol. The number of aromatic nitrogens is 1. The summed E-state index contributed by atoms with van der Waals surface area (Å²) in [5, 5.41) is 0. The Labute approximate surface area is 269 Å². The van der Waals surface area contributed by atoms with E-state index in [0.717, 1.165) is 17.8 Å². The first-order valence-electron chi connectivity index (χ1n) is 17.7. The highest BCUT2D eigenvalue weighted by molar-refractivity contribution is 6.20. The number of allylic oxidation sites excluding steroid dienone is 14. The number of rotatable bonds is 0. The van der Waals surface area contributed by atoms with Gasteiger partial charge in [0, 0.05) is 46.9 Å². The molecule has 46 heavy (non-hydrogen) atoms. The molecule has 1 aromatic heterocycles. The maximum absolute atomic E-state index is 5.55. The van der Waals surface area contributed by atoms with Crippen molar-refractivity contribution in [3.05, 3.63) is 140 Å². The zero-order valence-electron chi connectivity index (χ0n) is 25.9. The van der Waals surface area contributed by atoms with E-state index in [1.807, 2.05) is 0 Å². The van der Waals surface area contributed by atoms with Gasteiger partial charge in [-0.1, -0.05) is 60.7 Å². The molecule has 0 amide bonds. The highest BCUT2D eigenvalue weighted by Crippen LogP contribution is 2.54. The zero-order chi connectivity index (χ0) is 29.7. The lowest BCUT2D eigenvalue weighted by Gasteiger charge is -2.34. The van der Waals surface area contributed by atoms with Crippen molar-refractivity contribution in [1.82, 2.24) is 4.98 Å². The van der Waals surface area contributed by atoms with Gasteiger partial charge in [0.1, 0.15) is 0 Å². The summed E-state index contributed by atoms with van der Waals surface area (Å²) in [5.74, 6) is 2.81. The van der Waals surface area contributed by atoms with Crippen LogP contribution in [0, 0.1) is 23.7 Å². The normalized spacial score (nSPS) is 33.0. The number of nitrogens with zero attached hydrogens (tertiary/aromatic N) is 2. The van der Waals surface area contributed by atoms with E-state index in [1.54, 1.807) is 0 Å². The third-order valence-electron chi connectivity index (χ3n) is 12.8. The van der Waals surface area contributed by atoms with Crippen LogP contribution in [0.25, 0.3) is 23.3 Å². The van der Waals surface area contributed by atoms with E-state index in [-0.39, 0.29) is 0 Å². The van der Waals surface area contributed by atoms with Crippen LogP contribution < -0.4 is 0 Å². The van der Waals surface area contributed by atoms with E-state index in [0.29, 0.717) is 35.5 Å². The Kier molecular flexibility index (Phi) is 4.64. The Hall–Kier alpha value is -4.50. The van der Waals surface area contributed by atoms with Crippen LogP contribution >= 0.6 is 0 Å². The first-order chi connectivity index (χ1) is 22.7. The lowest BCUT2D eigenvalue weighted by molar-refractivity contribution is 0.501. The van der Waals surface area contributed by atoms with E-state index in [4.69, 9.17) is 9.98 Å². The number of nitrogens with one attached hydrogen (secondary N) is 1. The molecule has 1 aromatic carbocycles. The van der Waals surface area contributed by atoms with E-state index in [1.165, 1.54) is 117 Å². The molecule has 2 aromatic rings. The highest BCUT2D eigenvalue weighted by atomic mass is 14.9. The molecule has 0 saturated heterocycles. The SMILES string of the molecule is C1=CC2CCC1C1=C2C2=NC1=Cc1[nH]c(c3c1C1C=CC3CC1)C=C1CC(=CC3=NC(=C2)C2=C3C3C=CC2CC3)c2ccccc21. The molecule has 6 atom stereocenters. The number of aromatic amines is 1. The minimum atomic E-state index is 0.454. The number of fused-ring (bicyclic) bond motifs is 12. The first-order valence-corrected chi connectivity index (χ1v) is 17.7. The third-order valence-corrected chi connectivity index (χ3v) is 12.8. The van der Waals surface area contributed by atoms with Crippen molar-refractivity contribution in [2.75, 3.05) is 0 Å². The Bertz CT molecular complexity index is 2210. The molecule has 0 saturated carbocycles. The molecule has 10 aliphatic carbocycles. The van der Waals surface area contributed by atoms with Gasteiger partial charge < -0.3 is 4.98 Å². The van der Waals surface area contributed by atoms with Crippen molar-refractivity contribution < 1.29 is 0 Å². The number of hydrogen-bond donors (Lipinski definition) is 1. The van der Waals surface area contributed by atoms with E-state index >= 15 is 0 Å². The van der Waals surface area contributed by atoms with Crippen molar-refractivity contribution in [2.24, 2.45) is 33.7 Å². The fourth-order valence-electron chi connectivity index (χ4n) is 10.9. The molecule has 14 bridgehead atoms. The average Bonchev–Trinajstić information content (AvgIpc) is 3.87. The molecule has 222 valence electrons. The van der Waals surface area contributed by atoms with Crippen LogP contribution in [0.3, 0.4) is 0 Å². The molecule has 6 unspecified atom stereocenters. The second-order valence-corrected chi connectivity index (χ2v) is 15.1. The second-order valence-electron chi connectivity index (χ2n) is 15.1. The molecule has 4 heterocycles. The van der Waals surface area contributed by atoms with Crippen molar-refractivity contribution >= 4 is 34.7 Å². The molecular formula is C43H35N3. The number of hydrogen-bond acceptors (Lipinski definition) is 2. The van der Waals surface area contributed by atoms with Crippen LogP contribution in [0.4, 0.5) is 0 Å². The Morgan fingerprint density at radius 2 is 0.935 bits per heavy atom. The van der Waals surface area contributed by atoms with Gasteiger partial charge in [0.2, 0.25) is 0 Å². The maximum Gasteiger partial charge on any atom is 0.0700 e. The lowest BCUT2D eigenvalue weighted by Crippen LogP contribution is -2.24. The molecule has 15 rings (SSSR count). The smallest absolute Gasteiger partial charge is 0.0700 e. The quantitative estimate of drug-likeness (QED) is 0.296. The summed E-state index contributed by atoms with van der Waals surface area (Å²) in [5.41, 5.74) is 21.8. The van der Waals surface area contributed by atoms with Crippen molar-refractivity contribution in [3.8, 4) is 0 Å². The zero-order valence-corrected chi connectivity index (χ0v) is 25.9. The minimum Gasteiger partial charge on any atom is -0.355 e. The second kappa shape index (κ2) is 8.64. The van der Waals surface area contributed by atoms with Gasteiger partial charge in [-0.05, 0) is 125 Å². The number of aliphatic imine (C=N–C) groups is 2. The highest BCUT2D eigenvalue weighted by Gasteiger charge is 2.42. The maximum atomic E-state index is 5.55. The molecule has 1 N–H and O–H groups in total. The van der Waals surface area contributed by atoms with Crippen LogP contribution in [0.1, 0.15) is 90.4 Å². The number of H-pyrrole nitrogens is 1. The van der Waals surface area contributed by atoms with Gasteiger partial charge in [0.05, 0.1) is 22.8 Å². The standard InChI is InChI=1S/C43H35N3/c1-2-4-31-29-17-28(30(31)3-1)18-32-38-22-5-9-24(10-6-22)40(38)34(44-32)20-36-42-26-13-15-27(16-14-26)43(42)37(46-36)21-35-41-25-11-7-23(8-12-25)39(41)33(19-29)45-35/h1-5,7,9,11,13,15,18-27,44H,6,8,10,12,14,16-17H2. The van der Waals surface area contributed by atoms with Crippen LogP contribution in [0.2, 0.25) is 0 Å². The van der Waals surface area contributed by atoms with E-state index < -0.39 is 0 Å². The third kappa shape index (κ3) is 3.14. The van der Waals surface area contributed by atoms with Crippen LogP contribution in [-0.2, 0) is 0 Å². The molecule has 0 spiro atoms. The summed E-state index contributed by atoms with van der Waals surface area (Å²) in [4.78, 5) is 15.1. The fraction of sp³-hybridized carbons (Fsp3) is 0.302.